The standard InChI is InChI=1S/C22H39N5O2/c1-5-6-7-8-9-10-15-29-22(28)26-19-13-11-18(12-14-19)25-20-16-21(27(3)4)24-17(2)23-20/h16,18-19H,5-15H2,1-4H3,(H,26,28)(H,23,24,25). The number of carbonyl (C=O) groups excluding carboxylic acids is 1. The SMILES string of the molecule is CCCCCCCCOC(=O)NC1CCC(Nc2cc(N(C)C)nc(C)n2)CC1. The van der Waals surface area contributed by atoms with Crippen molar-refractivity contribution < 1.29 is 9.53 Å². The number of nitrogens with zero attached hydrogens (tertiary/aromatic N) is 3. The van der Waals surface area contributed by atoms with Crippen molar-refractivity contribution in [1.82, 2.24) is 15.3 Å². The molecular weight excluding hydrogens is 366 g/mol. The summed E-state index contributed by atoms with van der Waals surface area (Å²) >= 11 is 0. The average Bonchev–Trinajstić information content (AvgIpc) is 2.68. The normalized spacial score (nSPS) is 18.9. The molecule has 7 nitrogen and oxygen atoms in total. The fourth-order valence-electron chi connectivity index (χ4n) is 3.70. The molecule has 0 radical (unpaired) electrons. The summed E-state index contributed by atoms with van der Waals surface area (Å²) in [6.07, 6.45) is 10.8. The predicted molar refractivity (Wildman–Crippen MR) is 119 cm³/mol. The van der Waals surface area contributed by atoms with Crippen LogP contribution in [-0.2, 0) is 4.74 Å². The summed E-state index contributed by atoms with van der Waals surface area (Å²) in [6.45, 7) is 4.65. The summed E-state index contributed by atoms with van der Waals surface area (Å²) in [5.74, 6) is 2.54. The van der Waals surface area contributed by atoms with Gasteiger partial charge in [0.2, 0.25) is 0 Å². The Bertz CT molecular complexity index is 615. The molecular formula is C22H39N5O2. The average molecular weight is 406 g/mol. The number of carbonyl (C=O) groups is 1. The summed E-state index contributed by atoms with van der Waals surface area (Å²) < 4.78 is 5.34. The largest absolute Gasteiger partial charge is 0.450 e. The van der Waals surface area contributed by atoms with E-state index in [1.165, 1.54) is 25.7 Å². The maximum Gasteiger partial charge on any atom is 0.407 e. The number of rotatable bonds is 11. The minimum absolute atomic E-state index is 0.203. The maximum atomic E-state index is 12.0. The van der Waals surface area contributed by atoms with Gasteiger partial charge in [0.15, 0.2) is 0 Å². The van der Waals surface area contributed by atoms with Gasteiger partial charge in [-0.3, -0.25) is 0 Å². The first-order valence-electron chi connectivity index (χ1n) is 11.2. The van der Waals surface area contributed by atoms with Gasteiger partial charge in [0.1, 0.15) is 17.5 Å². The van der Waals surface area contributed by atoms with Gasteiger partial charge in [-0.1, -0.05) is 39.0 Å². The molecule has 0 saturated heterocycles. The lowest BCUT2D eigenvalue weighted by atomic mass is 9.91. The number of aromatic nitrogens is 2. The monoisotopic (exact) mass is 405 g/mol. The summed E-state index contributed by atoms with van der Waals surface area (Å²) in [7, 11) is 3.96. The van der Waals surface area contributed by atoms with Crippen molar-refractivity contribution in [3.8, 4) is 0 Å². The third kappa shape index (κ3) is 8.88. The van der Waals surface area contributed by atoms with Gasteiger partial charge in [-0.05, 0) is 39.0 Å². The van der Waals surface area contributed by atoms with E-state index in [0.29, 0.717) is 12.6 Å². The van der Waals surface area contributed by atoms with Crippen molar-refractivity contribution in [1.29, 1.82) is 0 Å². The van der Waals surface area contributed by atoms with E-state index in [1.807, 2.05) is 32.0 Å². The zero-order chi connectivity index (χ0) is 21.1. The summed E-state index contributed by atoms with van der Waals surface area (Å²) in [5.41, 5.74) is 0. The van der Waals surface area contributed by atoms with Crippen molar-refractivity contribution in [2.75, 3.05) is 30.9 Å². The van der Waals surface area contributed by atoms with Gasteiger partial charge in [-0.2, -0.15) is 0 Å². The molecule has 1 aliphatic carbocycles. The van der Waals surface area contributed by atoms with Crippen LogP contribution in [0.3, 0.4) is 0 Å². The first-order valence-corrected chi connectivity index (χ1v) is 11.2. The van der Waals surface area contributed by atoms with Crippen LogP contribution in [-0.4, -0.2) is 48.8 Å². The summed E-state index contributed by atoms with van der Waals surface area (Å²) in [6, 6.07) is 2.56. The molecule has 1 heterocycles. The summed E-state index contributed by atoms with van der Waals surface area (Å²) in [5, 5.41) is 6.56. The molecule has 1 amide bonds. The van der Waals surface area contributed by atoms with Crippen molar-refractivity contribution in [3.63, 3.8) is 0 Å². The molecule has 1 aliphatic rings. The van der Waals surface area contributed by atoms with E-state index in [-0.39, 0.29) is 12.1 Å². The Hall–Kier alpha value is -2.05. The maximum absolute atomic E-state index is 12.0. The van der Waals surface area contributed by atoms with Crippen molar-refractivity contribution in [3.05, 3.63) is 11.9 Å². The van der Waals surface area contributed by atoms with Gasteiger partial charge in [0.05, 0.1) is 6.61 Å². The molecule has 0 spiro atoms. The molecule has 164 valence electrons. The highest BCUT2D eigenvalue weighted by Crippen LogP contribution is 2.23. The Morgan fingerprint density at radius 2 is 1.72 bits per heavy atom. The molecule has 29 heavy (non-hydrogen) atoms. The van der Waals surface area contributed by atoms with E-state index < -0.39 is 0 Å². The number of ether oxygens (including phenoxy) is 1. The number of aryl methyl sites for hydroxylation is 1. The Labute approximate surface area is 176 Å². The zero-order valence-corrected chi connectivity index (χ0v) is 18.7. The van der Waals surface area contributed by atoms with Crippen LogP contribution in [0.4, 0.5) is 16.4 Å². The Morgan fingerprint density at radius 3 is 2.41 bits per heavy atom. The highest BCUT2D eigenvalue weighted by atomic mass is 16.5. The van der Waals surface area contributed by atoms with Gasteiger partial charge in [-0.15, -0.1) is 0 Å². The third-order valence-electron chi connectivity index (χ3n) is 5.41. The molecule has 0 bridgehead atoms. The smallest absolute Gasteiger partial charge is 0.407 e. The lowest BCUT2D eigenvalue weighted by Gasteiger charge is -2.30. The first-order chi connectivity index (χ1) is 14.0. The second kappa shape index (κ2) is 12.5. The van der Waals surface area contributed by atoms with Crippen LogP contribution in [0.2, 0.25) is 0 Å². The molecule has 0 aromatic carbocycles. The van der Waals surface area contributed by atoms with Crippen molar-refractivity contribution in [2.45, 2.75) is 90.1 Å². The Kier molecular flexibility index (Phi) is 10.0. The first kappa shape index (κ1) is 23.2. The van der Waals surface area contributed by atoms with Gasteiger partial charge in [0, 0.05) is 32.2 Å². The highest BCUT2D eigenvalue weighted by Gasteiger charge is 2.23. The molecule has 1 saturated carbocycles. The fourth-order valence-corrected chi connectivity index (χ4v) is 3.70. The molecule has 2 N–H and O–H groups in total. The molecule has 1 aromatic rings. The molecule has 0 aliphatic heterocycles. The quantitative estimate of drug-likeness (QED) is 0.521. The summed E-state index contributed by atoms with van der Waals surface area (Å²) in [4.78, 5) is 22.9. The highest BCUT2D eigenvalue weighted by molar-refractivity contribution is 5.67. The van der Waals surface area contributed by atoms with E-state index >= 15 is 0 Å². The van der Waals surface area contributed by atoms with Crippen LogP contribution in [0, 0.1) is 6.92 Å². The molecule has 0 atom stereocenters. The van der Waals surface area contributed by atoms with E-state index in [2.05, 4.69) is 27.5 Å². The third-order valence-corrected chi connectivity index (χ3v) is 5.41. The lowest BCUT2D eigenvalue weighted by Crippen LogP contribution is -2.40. The van der Waals surface area contributed by atoms with Gasteiger partial charge in [0.25, 0.3) is 0 Å². The second-order valence-electron chi connectivity index (χ2n) is 8.29. The lowest BCUT2D eigenvalue weighted by molar-refractivity contribution is 0.137. The van der Waals surface area contributed by atoms with E-state index in [1.54, 1.807) is 0 Å². The van der Waals surface area contributed by atoms with Crippen LogP contribution >= 0.6 is 0 Å². The van der Waals surface area contributed by atoms with Gasteiger partial charge < -0.3 is 20.3 Å². The molecule has 7 heteroatoms. The van der Waals surface area contributed by atoms with Crippen molar-refractivity contribution in [2.24, 2.45) is 0 Å². The number of hydrogen-bond acceptors (Lipinski definition) is 6. The van der Waals surface area contributed by atoms with Crippen LogP contribution in [0.5, 0.6) is 0 Å². The zero-order valence-electron chi connectivity index (χ0n) is 18.7. The van der Waals surface area contributed by atoms with E-state index in [9.17, 15) is 4.79 Å². The molecule has 1 aromatic heterocycles. The van der Waals surface area contributed by atoms with Gasteiger partial charge in [-0.25, -0.2) is 14.8 Å². The minimum Gasteiger partial charge on any atom is -0.450 e. The minimum atomic E-state index is -0.267. The number of hydrogen-bond donors (Lipinski definition) is 2. The number of nitrogens with one attached hydrogen (secondary N) is 2. The molecule has 1 fully saturated rings. The number of unbranched alkanes of at least 4 members (excludes halogenated alkanes) is 5. The Balaban J connectivity index is 1.63. The second-order valence-corrected chi connectivity index (χ2v) is 8.29. The van der Waals surface area contributed by atoms with E-state index in [0.717, 1.165) is 56.0 Å². The fraction of sp³-hybridized carbons (Fsp3) is 0.773. The molecule has 0 unspecified atom stereocenters. The number of amides is 1. The topological polar surface area (TPSA) is 79.4 Å². The predicted octanol–water partition coefficient (Wildman–Crippen LogP) is 4.66. The van der Waals surface area contributed by atoms with Crippen LogP contribution in [0.1, 0.15) is 77.0 Å². The Morgan fingerprint density at radius 1 is 1.07 bits per heavy atom. The van der Waals surface area contributed by atoms with E-state index in [4.69, 9.17) is 4.74 Å². The van der Waals surface area contributed by atoms with Crippen LogP contribution in [0.15, 0.2) is 6.07 Å². The van der Waals surface area contributed by atoms with Crippen LogP contribution < -0.4 is 15.5 Å². The number of alkyl carbamates (subject to hydrolysis) is 1. The van der Waals surface area contributed by atoms with Crippen molar-refractivity contribution >= 4 is 17.7 Å². The number of anilines is 2. The van der Waals surface area contributed by atoms with Crippen LogP contribution in [0.25, 0.3) is 0 Å². The van der Waals surface area contributed by atoms with Gasteiger partial charge >= 0.3 is 6.09 Å². The molecule has 2 rings (SSSR count).